The van der Waals surface area contributed by atoms with Crippen LogP contribution in [0.4, 0.5) is 0 Å². The molecule has 0 radical (unpaired) electrons. The van der Waals surface area contributed by atoms with E-state index in [9.17, 15) is 4.79 Å². The predicted molar refractivity (Wildman–Crippen MR) is 109 cm³/mol. The molecule has 0 atom stereocenters. The van der Waals surface area contributed by atoms with Crippen molar-refractivity contribution in [3.8, 4) is 21.9 Å². The Kier molecular flexibility index (Phi) is 5.85. The van der Waals surface area contributed by atoms with Gasteiger partial charge in [0, 0.05) is 41.4 Å². The van der Waals surface area contributed by atoms with Gasteiger partial charge in [-0.25, -0.2) is 0 Å². The van der Waals surface area contributed by atoms with E-state index in [1.54, 1.807) is 18.4 Å². The summed E-state index contributed by atoms with van der Waals surface area (Å²) in [5, 5.41) is 1.89. The van der Waals surface area contributed by atoms with Crippen molar-refractivity contribution in [2.75, 3.05) is 40.0 Å². The Morgan fingerprint density at radius 1 is 1.25 bits per heavy atom. The lowest BCUT2D eigenvalue weighted by Crippen LogP contribution is -2.34. The summed E-state index contributed by atoms with van der Waals surface area (Å²) < 4.78 is 11.6. The number of benzene rings is 1. The molecule has 0 aliphatic carbocycles. The average Bonchev–Trinajstić information content (AvgIpc) is 3.32. The van der Waals surface area contributed by atoms with E-state index in [1.165, 1.54) is 9.75 Å². The van der Waals surface area contributed by atoms with Gasteiger partial charge in [0.2, 0.25) is 5.91 Å². The number of hydrogen-bond acceptors (Lipinski definition) is 6. The first-order valence-corrected chi connectivity index (χ1v) is 10.5. The summed E-state index contributed by atoms with van der Waals surface area (Å²) in [5.41, 5.74) is 2.08. The van der Waals surface area contributed by atoms with Gasteiger partial charge in [0.1, 0.15) is 6.61 Å². The quantitative estimate of drug-likeness (QED) is 0.766. The van der Waals surface area contributed by atoms with E-state index in [-0.39, 0.29) is 5.91 Å². The zero-order valence-electron chi connectivity index (χ0n) is 16.4. The Labute approximate surface area is 169 Å². The van der Waals surface area contributed by atoms with Gasteiger partial charge >= 0.3 is 0 Å². The second-order valence-corrected chi connectivity index (χ2v) is 8.39. The Bertz CT molecular complexity index is 845. The summed E-state index contributed by atoms with van der Waals surface area (Å²) in [6.45, 7) is 5.97. The van der Waals surface area contributed by atoms with E-state index >= 15 is 0 Å². The third kappa shape index (κ3) is 4.16. The van der Waals surface area contributed by atoms with Gasteiger partial charge in [-0.2, -0.15) is 5.06 Å². The smallest absolute Gasteiger partial charge is 0.224 e. The van der Waals surface area contributed by atoms with E-state index in [0.29, 0.717) is 32.7 Å². The molecular weight excluding hydrogens is 376 g/mol. The predicted octanol–water partition coefficient (Wildman–Crippen LogP) is 3.48. The molecule has 1 aromatic heterocycles. The Hall–Kier alpha value is -2.09. The lowest BCUT2D eigenvalue weighted by molar-refractivity contribution is -0.139. The van der Waals surface area contributed by atoms with Crippen LogP contribution in [0.5, 0.6) is 11.5 Å². The standard InChI is InChI=1S/C21H26N2O4S/c1-15-4-5-19(28-15)16-12-17-14-22(9-11-26-21(17)18(13-16)25-2)20(24)6-8-23-7-3-10-27-23/h4-5,12-13H,3,6-11,14H2,1-2H3. The highest BCUT2D eigenvalue weighted by Crippen LogP contribution is 2.40. The molecule has 3 heterocycles. The molecule has 7 heteroatoms. The first-order chi connectivity index (χ1) is 13.6. The third-order valence-electron chi connectivity index (χ3n) is 5.10. The van der Waals surface area contributed by atoms with Crippen molar-refractivity contribution in [1.82, 2.24) is 9.96 Å². The topological polar surface area (TPSA) is 51.2 Å². The van der Waals surface area contributed by atoms with Gasteiger partial charge in [0.05, 0.1) is 20.3 Å². The third-order valence-corrected chi connectivity index (χ3v) is 6.15. The number of hydroxylamine groups is 2. The van der Waals surface area contributed by atoms with Crippen LogP contribution < -0.4 is 9.47 Å². The van der Waals surface area contributed by atoms with Crippen molar-refractivity contribution in [2.45, 2.75) is 26.3 Å². The maximum Gasteiger partial charge on any atom is 0.224 e. The molecule has 0 spiro atoms. The minimum absolute atomic E-state index is 0.128. The molecule has 150 valence electrons. The molecule has 0 saturated carbocycles. The van der Waals surface area contributed by atoms with Crippen LogP contribution in [0.25, 0.3) is 10.4 Å². The fraction of sp³-hybridized carbons (Fsp3) is 0.476. The van der Waals surface area contributed by atoms with Gasteiger partial charge in [-0.3, -0.25) is 9.63 Å². The van der Waals surface area contributed by atoms with Crippen molar-refractivity contribution in [3.05, 3.63) is 34.7 Å². The fourth-order valence-electron chi connectivity index (χ4n) is 3.63. The van der Waals surface area contributed by atoms with Crippen LogP contribution in [-0.4, -0.2) is 55.8 Å². The van der Waals surface area contributed by atoms with Gasteiger partial charge in [-0.15, -0.1) is 11.3 Å². The van der Waals surface area contributed by atoms with Crippen LogP contribution in [0, 0.1) is 6.92 Å². The van der Waals surface area contributed by atoms with Gasteiger partial charge in [0.15, 0.2) is 11.5 Å². The first-order valence-electron chi connectivity index (χ1n) is 9.70. The zero-order valence-corrected chi connectivity index (χ0v) is 17.2. The number of aryl methyl sites for hydroxylation is 1. The van der Waals surface area contributed by atoms with Crippen LogP contribution in [-0.2, 0) is 16.2 Å². The maximum atomic E-state index is 12.8. The summed E-state index contributed by atoms with van der Waals surface area (Å²) in [4.78, 5) is 22.6. The molecule has 1 aromatic carbocycles. The van der Waals surface area contributed by atoms with Crippen molar-refractivity contribution < 1.29 is 19.1 Å². The highest BCUT2D eigenvalue weighted by molar-refractivity contribution is 7.15. The monoisotopic (exact) mass is 402 g/mol. The molecule has 1 fully saturated rings. The number of thiophene rings is 1. The largest absolute Gasteiger partial charge is 0.493 e. The number of rotatable bonds is 5. The van der Waals surface area contributed by atoms with Gasteiger partial charge in [-0.1, -0.05) is 0 Å². The number of nitrogens with zero attached hydrogens (tertiary/aromatic N) is 2. The molecule has 1 saturated heterocycles. The Morgan fingerprint density at radius 2 is 2.14 bits per heavy atom. The van der Waals surface area contributed by atoms with Crippen molar-refractivity contribution >= 4 is 17.2 Å². The lowest BCUT2D eigenvalue weighted by atomic mass is 10.1. The minimum atomic E-state index is 0.128. The van der Waals surface area contributed by atoms with Crippen molar-refractivity contribution in [3.63, 3.8) is 0 Å². The summed E-state index contributed by atoms with van der Waals surface area (Å²) in [6.07, 6.45) is 1.49. The normalized spacial score (nSPS) is 17.1. The highest BCUT2D eigenvalue weighted by atomic mass is 32.1. The number of methoxy groups -OCH3 is 1. The second-order valence-electron chi connectivity index (χ2n) is 7.11. The molecule has 1 amide bonds. The summed E-state index contributed by atoms with van der Waals surface area (Å²) >= 11 is 1.75. The van der Waals surface area contributed by atoms with Crippen LogP contribution in [0.2, 0.25) is 0 Å². The van der Waals surface area contributed by atoms with E-state index in [0.717, 1.165) is 42.2 Å². The van der Waals surface area contributed by atoms with Crippen molar-refractivity contribution in [2.24, 2.45) is 0 Å². The Morgan fingerprint density at radius 3 is 2.86 bits per heavy atom. The zero-order chi connectivity index (χ0) is 19.5. The van der Waals surface area contributed by atoms with E-state index in [4.69, 9.17) is 14.3 Å². The summed E-state index contributed by atoms with van der Waals surface area (Å²) in [5.74, 6) is 1.60. The van der Waals surface area contributed by atoms with Crippen LogP contribution in [0.1, 0.15) is 23.3 Å². The molecule has 2 aromatic rings. The molecule has 2 aliphatic rings. The molecule has 4 rings (SSSR count). The SMILES string of the molecule is COc1cc(-c2ccc(C)s2)cc2c1OCCN(C(=O)CCN1CCCO1)C2. The molecule has 0 N–H and O–H groups in total. The number of amides is 1. The first kappa shape index (κ1) is 19.2. The maximum absolute atomic E-state index is 12.8. The average molecular weight is 403 g/mol. The lowest BCUT2D eigenvalue weighted by Gasteiger charge is -2.21. The molecule has 2 aliphatic heterocycles. The molecule has 0 unspecified atom stereocenters. The summed E-state index contributed by atoms with van der Waals surface area (Å²) in [6, 6.07) is 8.38. The number of carbonyl (C=O) groups excluding carboxylic acids is 1. The molecule has 28 heavy (non-hydrogen) atoms. The van der Waals surface area contributed by atoms with E-state index in [2.05, 4.69) is 25.1 Å². The number of fused-ring (bicyclic) bond motifs is 1. The molecule has 6 nitrogen and oxygen atoms in total. The Balaban J connectivity index is 1.54. The van der Waals surface area contributed by atoms with E-state index < -0.39 is 0 Å². The van der Waals surface area contributed by atoms with Gasteiger partial charge in [-0.05, 0) is 43.2 Å². The van der Waals surface area contributed by atoms with Crippen LogP contribution in [0.15, 0.2) is 24.3 Å². The fourth-order valence-corrected chi connectivity index (χ4v) is 4.49. The second kappa shape index (κ2) is 8.51. The van der Waals surface area contributed by atoms with Crippen molar-refractivity contribution in [1.29, 1.82) is 0 Å². The van der Waals surface area contributed by atoms with Gasteiger partial charge in [0.25, 0.3) is 0 Å². The van der Waals surface area contributed by atoms with Crippen LogP contribution >= 0.6 is 11.3 Å². The molecule has 0 bridgehead atoms. The molecular formula is C21H26N2O4S. The number of hydrogen-bond donors (Lipinski definition) is 0. The van der Waals surface area contributed by atoms with Crippen LogP contribution in [0.3, 0.4) is 0 Å². The summed E-state index contributed by atoms with van der Waals surface area (Å²) in [7, 11) is 1.66. The van der Waals surface area contributed by atoms with E-state index in [1.807, 2.05) is 16.0 Å². The number of carbonyl (C=O) groups is 1. The highest BCUT2D eigenvalue weighted by Gasteiger charge is 2.24. The van der Waals surface area contributed by atoms with Gasteiger partial charge < -0.3 is 14.4 Å². The number of ether oxygens (including phenoxy) is 2. The minimum Gasteiger partial charge on any atom is -0.493 e.